The molecule has 1 aliphatic rings. The lowest BCUT2D eigenvalue weighted by Gasteiger charge is -2.22. The molecule has 2 N–H and O–H groups in total. The minimum absolute atomic E-state index is 0.257. The first-order valence-electron chi connectivity index (χ1n) is 6.90. The van der Waals surface area contributed by atoms with E-state index in [0.717, 1.165) is 19.3 Å². The number of likely N-dealkylation sites (N-methyl/N-ethyl adjacent to an activating group) is 1. The van der Waals surface area contributed by atoms with Gasteiger partial charge in [-0.05, 0) is 26.9 Å². The Labute approximate surface area is 114 Å². The number of amides is 2. The molecule has 1 unspecified atom stereocenters. The molecular formula is C13H25N3O3. The van der Waals surface area contributed by atoms with Crippen molar-refractivity contribution in [2.45, 2.75) is 44.7 Å². The normalized spacial score (nSPS) is 20.6. The predicted molar refractivity (Wildman–Crippen MR) is 73.1 cm³/mol. The molecule has 0 aromatic heterocycles. The molecule has 0 saturated carbocycles. The SMILES string of the molecule is CCCC[C@H](NC(=O)N1CCC(N(C)C)C1)C(=O)O. The molecule has 0 aromatic rings. The molecule has 110 valence electrons. The number of hydrogen-bond donors (Lipinski definition) is 2. The number of carboxylic acid groups (broad SMARTS) is 1. The summed E-state index contributed by atoms with van der Waals surface area (Å²) >= 11 is 0. The van der Waals surface area contributed by atoms with E-state index in [1.807, 2.05) is 21.0 Å². The van der Waals surface area contributed by atoms with Gasteiger partial charge in [0.25, 0.3) is 0 Å². The van der Waals surface area contributed by atoms with Gasteiger partial charge < -0.3 is 20.2 Å². The average Bonchev–Trinajstić information content (AvgIpc) is 2.83. The summed E-state index contributed by atoms with van der Waals surface area (Å²) in [6, 6.07) is -0.664. The molecule has 1 heterocycles. The molecule has 0 spiro atoms. The highest BCUT2D eigenvalue weighted by Gasteiger charge is 2.29. The van der Waals surface area contributed by atoms with Crippen molar-refractivity contribution in [3.63, 3.8) is 0 Å². The Morgan fingerprint density at radius 3 is 2.63 bits per heavy atom. The standard InChI is InChI=1S/C13H25N3O3/c1-4-5-6-11(12(17)18)14-13(19)16-8-7-10(9-16)15(2)3/h10-11H,4-9H2,1-3H3,(H,14,19)(H,17,18)/t10?,11-/m0/s1. The Morgan fingerprint density at radius 2 is 2.16 bits per heavy atom. The fraction of sp³-hybridized carbons (Fsp3) is 0.846. The van der Waals surface area contributed by atoms with Gasteiger partial charge in [-0.15, -0.1) is 0 Å². The van der Waals surface area contributed by atoms with Crippen LogP contribution >= 0.6 is 0 Å². The van der Waals surface area contributed by atoms with E-state index in [4.69, 9.17) is 5.11 Å². The van der Waals surface area contributed by atoms with Crippen LogP contribution in [0.2, 0.25) is 0 Å². The summed E-state index contributed by atoms with van der Waals surface area (Å²) in [5.41, 5.74) is 0. The maximum atomic E-state index is 12.0. The number of nitrogens with one attached hydrogen (secondary N) is 1. The van der Waals surface area contributed by atoms with Crippen molar-refractivity contribution in [3.8, 4) is 0 Å². The molecular weight excluding hydrogens is 246 g/mol. The first-order chi connectivity index (χ1) is 8.95. The van der Waals surface area contributed by atoms with Crippen LogP contribution in [0, 0.1) is 0 Å². The molecule has 0 aliphatic carbocycles. The average molecular weight is 271 g/mol. The molecule has 0 bridgehead atoms. The molecule has 2 amide bonds. The number of nitrogens with zero attached hydrogens (tertiary/aromatic N) is 2. The number of carbonyl (C=O) groups is 2. The highest BCUT2D eigenvalue weighted by atomic mass is 16.4. The van der Waals surface area contributed by atoms with Crippen LogP contribution in [-0.4, -0.2) is 66.2 Å². The summed E-state index contributed by atoms with van der Waals surface area (Å²) < 4.78 is 0. The molecule has 2 atom stereocenters. The third-order valence-corrected chi connectivity index (χ3v) is 3.62. The van der Waals surface area contributed by atoms with Crippen molar-refractivity contribution >= 4 is 12.0 Å². The van der Waals surface area contributed by atoms with E-state index >= 15 is 0 Å². The molecule has 6 nitrogen and oxygen atoms in total. The fourth-order valence-electron chi connectivity index (χ4n) is 2.25. The predicted octanol–water partition coefficient (Wildman–Crippen LogP) is 0.975. The molecule has 19 heavy (non-hydrogen) atoms. The Bertz CT molecular complexity index is 320. The number of urea groups is 1. The Hall–Kier alpha value is -1.30. The zero-order chi connectivity index (χ0) is 14.4. The topological polar surface area (TPSA) is 72.9 Å². The highest BCUT2D eigenvalue weighted by molar-refractivity contribution is 5.82. The van der Waals surface area contributed by atoms with Gasteiger partial charge in [0.1, 0.15) is 6.04 Å². The summed E-state index contributed by atoms with van der Waals surface area (Å²) in [7, 11) is 3.99. The van der Waals surface area contributed by atoms with E-state index in [-0.39, 0.29) is 6.03 Å². The monoisotopic (exact) mass is 271 g/mol. The van der Waals surface area contributed by atoms with E-state index in [9.17, 15) is 9.59 Å². The quantitative estimate of drug-likeness (QED) is 0.755. The summed E-state index contributed by atoms with van der Waals surface area (Å²) in [6.45, 7) is 3.36. The van der Waals surface area contributed by atoms with Crippen LogP contribution < -0.4 is 5.32 Å². The minimum atomic E-state index is -0.954. The first kappa shape index (κ1) is 15.8. The van der Waals surface area contributed by atoms with Gasteiger partial charge in [-0.3, -0.25) is 0 Å². The van der Waals surface area contributed by atoms with Gasteiger partial charge in [0.2, 0.25) is 0 Å². The van der Waals surface area contributed by atoms with Crippen LogP contribution in [0.4, 0.5) is 4.79 Å². The highest BCUT2D eigenvalue weighted by Crippen LogP contribution is 2.13. The van der Waals surface area contributed by atoms with E-state index in [2.05, 4.69) is 10.2 Å². The van der Waals surface area contributed by atoms with Gasteiger partial charge in [0.15, 0.2) is 0 Å². The molecule has 1 aliphatic heterocycles. The van der Waals surface area contributed by atoms with E-state index in [0.29, 0.717) is 25.6 Å². The zero-order valence-electron chi connectivity index (χ0n) is 12.1. The maximum absolute atomic E-state index is 12.0. The van der Waals surface area contributed by atoms with Crippen molar-refractivity contribution in [1.82, 2.24) is 15.1 Å². The number of carboxylic acids is 1. The lowest BCUT2D eigenvalue weighted by molar-refractivity contribution is -0.139. The number of aliphatic carboxylic acids is 1. The number of rotatable bonds is 6. The number of unbranched alkanes of at least 4 members (excludes halogenated alkanes) is 1. The molecule has 1 saturated heterocycles. The fourth-order valence-corrected chi connectivity index (χ4v) is 2.25. The van der Waals surface area contributed by atoms with Crippen LogP contribution in [0.1, 0.15) is 32.6 Å². The van der Waals surface area contributed by atoms with E-state index in [1.54, 1.807) is 4.90 Å². The summed E-state index contributed by atoms with van der Waals surface area (Å²) in [5.74, 6) is -0.954. The van der Waals surface area contributed by atoms with Crippen molar-refractivity contribution in [3.05, 3.63) is 0 Å². The number of carbonyl (C=O) groups excluding carboxylic acids is 1. The lowest BCUT2D eigenvalue weighted by Crippen LogP contribution is -2.47. The molecule has 0 aromatic carbocycles. The minimum Gasteiger partial charge on any atom is -0.480 e. The summed E-state index contributed by atoms with van der Waals surface area (Å²) in [4.78, 5) is 26.9. The number of likely N-dealkylation sites (tertiary alicyclic amines) is 1. The van der Waals surface area contributed by atoms with Crippen molar-refractivity contribution < 1.29 is 14.7 Å². The number of hydrogen-bond acceptors (Lipinski definition) is 3. The smallest absolute Gasteiger partial charge is 0.326 e. The Morgan fingerprint density at radius 1 is 1.47 bits per heavy atom. The van der Waals surface area contributed by atoms with Crippen LogP contribution in [0.15, 0.2) is 0 Å². The van der Waals surface area contributed by atoms with Crippen LogP contribution in [0.5, 0.6) is 0 Å². The van der Waals surface area contributed by atoms with Gasteiger partial charge in [-0.1, -0.05) is 19.8 Å². The summed E-state index contributed by atoms with van der Waals surface area (Å²) in [6.07, 6.45) is 3.15. The third kappa shape index (κ3) is 4.70. The second-order valence-corrected chi connectivity index (χ2v) is 5.33. The lowest BCUT2D eigenvalue weighted by atomic mass is 10.1. The van der Waals surface area contributed by atoms with Crippen molar-refractivity contribution in [1.29, 1.82) is 0 Å². The molecule has 1 fully saturated rings. The van der Waals surface area contributed by atoms with Crippen LogP contribution in [-0.2, 0) is 4.79 Å². The summed E-state index contributed by atoms with van der Waals surface area (Å²) in [5, 5.41) is 11.7. The Kier molecular flexibility index (Phi) is 6.08. The second kappa shape index (κ2) is 7.33. The first-order valence-corrected chi connectivity index (χ1v) is 6.90. The van der Waals surface area contributed by atoms with Crippen molar-refractivity contribution in [2.24, 2.45) is 0 Å². The second-order valence-electron chi connectivity index (χ2n) is 5.33. The Balaban J connectivity index is 2.46. The maximum Gasteiger partial charge on any atom is 0.326 e. The van der Waals surface area contributed by atoms with Gasteiger partial charge in [0, 0.05) is 19.1 Å². The molecule has 0 radical (unpaired) electrons. The van der Waals surface area contributed by atoms with Gasteiger partial charge in [-0.25, -0.2) is 9.59 Å². The van der Waals surface area contributed by atoms with Crippen molar-refractivity contribution in [2.75, 3.05) is 27.2 Å². The zero-order valence-corrected chi connectivity index (χ0v) is 12.1. The third-order valence-electron chi connectivity index (χ3n) is 3.62. The van der Waals surface area contributed by atoms with Crippen LogP contribution in [0.3, 0.4) is 0 Å². The molecule has 6 heteroatoms. The van der Waals surface area contributed by atoms with Gasteiger partial charge in [-0.2, -0.15) is 0 Å². The van der Waals surface area contributed by atoms with Gasteiger partial charge >= 0.3 is 12.0 Å². The van der Waals surface area contributed by atoms with E-state index in [1.165, 1.54) is 0 Å². The van der Waals surface area contributed by atoms with E-state index < -0.39 is 12.0 Å². The van der Waals surface area contributed by atoms with Gasteiger partial charge in [0.05, 0.1) is 0 Å². The van der Waals surface area contributed by atoms with Crippen LogP contribution in [0.25, 0.3) is 0 Å². The molecule has 1 rings (SSSR count). The largest absolute Gasteiger partial charge is 0.480 e.